The van der Waals surface area contributed by atoms with E-state index in [9.17, 15) is 0 Å². The highest BCUT2D eigenvalue weighted by molar-refractivity contribution is 5.03. The first kappa shape index (κ1) is 12.7. The van der Waals surface area contributed by atoms with Gasteiger partial charge in [-0.15, -0.1) is 0 Å². The van der Waals surface area contributed by atoms with Crippen molar-refractivity contribution in [2.45, 2.75) is 39.3 Å². The van der Waals surface area contributed by atoms with Gasteiger partial charge in [0.05, 0.1) is 18.2 Å². The maximum Gasteiger partial charge on any atom is 0.0638 e. The molecule has 0 amide bonds. The fraction of sp³-hybridized carbons (Fsp3) is 0.538. The molecule has 1 aromatic rings. The topological polar surface area (TPSA) is 39.9 Å². The van der Waals surface area contributed by atoms with Gasteiger partial charge in [-0.3, -0.25) is 9.88 Å². The van der Waals surface area contributed by atoms with Gasteiger partial charge in [-0.25, -0.2) is 0 Å². The van der Waals surface area contributed by atoms with Gasteiger partial charge in [-0.1, -0.05) is 19.9 Å². The minimum atomic E-state index is 0.344. The first-order valence-corrected chi connectivity index (χ1v) is 5.82. The standard InChI is InChI=1S/C13H19N3/c1-3-13(8-9-14)16(4-2)11-12-7-5-6-10-15-12/h5-7,10,13H,3-4,8,11H2,1-2H3. The fourth-order valence-electron chi connectivity index (χ4n) is 1.84. The molecule has 0 fully saturated rings. The Balaban J connectivity index is 2.64. The summed E-state index contributed by atoms with van der Waals surface area (Å²) in [5.74, 6) is 0. The van der Waals surface area contributed by atoms with E-state index in [4.69, 9.17) is 5.26 Å². The van der Waals surface area contributed by atoms with Crippen LogP contribution in [0.1, 0.15) is 32.4 Å². The van der Waals surface area contributed by atoms with Crippen molar-refractivity contribution in [2.75, 3.05) is 6.54 Å². The first-order valence-electron chi connectivity index (χ1n) is 5.82. The molecular formula is C13H19N3. The SMILES string of the molecule is CCC(CC#N)N(CC)Cc1ccccn1. The highest BCUT2D eigenvalue weighted by Crippen LogP contribution is 2.11. The Morgan fingerprint density at radius 2 is 2.25 bits per heavy atom. The van der Waals surface area contributed by atoms with Crippen LogP contribution in [0.3, 0.4) is 0 Å². The van der Waals surface area contributed by atoms with Gasteiger partial charge in [0.25, 0.3) is 0 Å². The van der Waals surface area contributed by atoms with Crippen molar-refractivity contribution in [1.82, 2.24) is 9.88 Å². The summed E-state index contributed by atoms with van der Waals surface area (Å²) >= 11 is 0. The summed E-state index contributed by atoms with van der Waals surface area (Å²) in [6, 6.07) is 8.56. The molecule has 0 saturated carbocycles. The van der Waals surface area contributed by atoms with Crippen LogP contribution in [-0.4, -0.2) is 22.5 Å². The summed E-state index contributed by atoms with van der Waals surface area (Å²) in [7, 11) is 0. The number of hydrogen-bond acceptors (Lipinski definition) is 3. The molecule has 3 heteroatoms. The molecule has 0 bridgehead atoms. The van der Waals surface area contributed by atoms with Gasteiger partial charge in [0.1, 0.15) is 0 Å². The molecule has 1 rings (SSSR count). The van der Waals surface area contributed by atoms with Crippen molar-refractivity contribution in [3.05, 3.63) is 30.1 Å². The van der Waals surface area contributed by atoms with E-state index < -0.39 is 0 Å². The second-order valence-corrected chi connectivity index (χ2v) is 3.81. The van der Waals surface area contributed by atoms with E-state index in [2.05, 4.69) is 29.8 Å². The second-order valence-electron chi connectivity index (χ2n) is 3.81. The lowest BCUT2D eigenvalue weighted by molar-refractivity contribution is 0.192. The molecule has 0 aliphatic rings. The molecule has 0 radical (unpaired) electrons. The zero-order valence-electron chi connectivity index (χ0n) is 10.1. The quantitative estimate of drug-likeness (QED) is 0.735. The summed E-state index contributed by atoms with van der Waals surface area (Å²) in [6.45, 7) is 6.04. The Labute approximate surface area is 97.7 Å². The third-order valence-corrected chi connectivity index (χ3v) is 2.81. The molecular weight excluding hydrogens is 198 g/mol. The van der Waals surface area contributed by atoms with E-state index in [1.165, 1.54) is 0 Å². The highest BCUT2D eigenvalue weighted by atomic mass is 15.2. The van der Waals surface area contributed by atoms with Crippen molar-refractivity contribution < 1.29 is 0 Å². The Morgan fingerprint density at radius 3 is 2.75 bits per heavy atom. The van der Waals surface area contributed by atoms with Crippen LogP contribution in [0.4, 0.5) is 0 Å². The Morgan fingerprint density at radius 1 is 1.44 bits per heavy atom. The Bertz CT molecular complexity index is 329. The van der Waals surface area contributed by atoms with Gasteiger partial charge >= 0.3 is 0 Å². The molecule has 0 aliphatic heterocycles. The van der Waals surface area contributed by atoms with Crippen molar-refractivity contribution in [2.24, 2.45) is 0 Å². The molecule has 1 unspecified atom stereocenters. The van der Waals surface area contributed by atoms with Crippen LogP contribution in [0, 0.1) is 11.3 Å². The second kappa shape index (κ2) is 6.97. The molecule has 0 saturated heterocycles. The lowest BCUT2D eigenvalue weighted by atomic mass is 10.1. The van der Waals surface area contributed by atoms with E-state index in [1.54, 1.807) is 0 Å². The van der Waals surface area contributed by atoms with Gasteiger partial charge in [-0.05, 0) is 25.1 Å². The van der Waals surface area contributed by atoms with Crippen molar-refractivity contribution in [1.29, 1.82) is 5.26 Å². The van der Waals surface area contributed by atoms with Crippen LogP contribution >= 0.6 is 0 Å². The third-order valence-electron chi connectivity index (χ3n) is 2.81. The minimum absolute atomic E-state index is 0.344. The average molecular weight is 217 g/mol. The zero-order chi connectivity index (χ0) is 11.8. The summed E-state index contributed by atoms with van der Waals surface area (Å²) in [5.41, 5.74) is 1.07. The van der Waals surface area contributed by atoms with Crippen molar-refractivity contribution >= 4 is 0 Å². The van der Waals surface area contributed by atoms with Crippen molar-refractivity contribution in [3.63, 3.8) is 0 Å². The summed E-state index contributed by atoms with van der Waals surface area (Å²) < 4.78 is 0. The number of aromatic nitrogens is 1. The van der Waals surface area contributed by atoms with Gasteiger partial charge in [0.2, 0.25) is 0 Å². The van der Waals surface area contributed by atoms with Crippen LogP contribution in [0.25, 0.3) is 0 Å². The average Bonchev–Trinajstić information content (AvgIpc) is 2.35. The first-order chi connectivity index (χ1) is 7.81. The molecule has 0 aromatic carbocycles. The van der Waals surface area contributed by atoms with Gasteiger partial charge in [0.15, 0.2) is 0 Å². The maximum atomic E-state index is 8.79. The third kappa shape index (κ3) is 3.63. The summed E-state index contributed by atoms with van der Waals surface area (Å²) in [5, 5.41) is 8.79. The molecule has 0 spiro atoms. The van der Waals surface area contributed by atoms with Gasteiger partial charge in [-0.2, -0.15) is 5.26 Å². The van der Waals surface area contributed by atoms with E-state index >= 15 is 0 Å². The number of hydrogen-bond donors (Lipinski definition) is 0. The van der Waals surface area contributed by atoms with Gasteiger partial charge < -0.3 is 0 Å². The smallest absolute Gasteiger partial charge is 0.0638 e. The summed E-state index contributed by atoms with van der Waals surface area (Å²) in [6.07, 6.45) is 3.42. The minimum Gasteiger partial charge on any atom is -0.294 e. The predicted molar refractivity (Wildman–Crippen MR) is 64.6 cm³/mol. The largest absolute Gasteiger partial charge is 0.294 e. The van der Waals surface area contributed by atoms with Crippen LogP contribution in [0.5, 0.6) is 0 Å². The number of nitriles is 1. The fourth-order valence-corrected chi connectivity index (χ4v) is 1.84. The normalized spacial score (nSPS) is 12.4. The van der Waals surface area contributed by atoms with Crippen molar-refractivity contribution in [3.8, 4) is 6.07 Å². The molecule has 16 heavy (non-hydrogen) atoms. The van der Waals surface area contributed by atoms with Crippen LogP contribution in [0.2, 0.25) is 0 Å². The lowest BCUT2D eigenvalue weighted by Crippen LogP contribution is -2.34. The lowest BCUT2D eigenvalue weighted by Gasteiger charge is -2.27. The number of pyridine rings is 1. The molecule has 1 heterocycles. The van der Waals surface area contributed by atoms with E-state index in [-0.39, 0.29) is 0 Å². The predicted octanol–water partition coefficient (Wildman–Crippen LogP) is 2.60. The molecule has 0 aliphatic carbocycles. The van der Waals surface area contributed by atoms with E-state index in [0.717, 1.165) is 25.2 Å². The molecule has 1 atom stereocenters. The molecule has 86 valence electrons. The monoisotopic (exact) mass is 217 g/mol. The Hall–Kier alpha value is -1.40. The van der Waals surface area contributed by atoms with Crippen LogP contribution in [0.15, 0.2) is 24.4 Å². The highest BCUT2D eigenvalue weighted by Gasteiger charge is 2.15. The molecule has 0 N–H and O–H groups in total. The van der Waals surface area contributed by atoms with Crippen LogP contribution < -0.4 is 0 Å². The molecule has 3 nitrogen and oxygen atoms in total. The maximum absolute atomic E-state index is 8.79. The zero-order valence-corrected chi connectivity index (χ0v) is 10.1. The van der Waals surface area contributed by atoms with Crippen LogP contribution in [-0.2, 0) is 6.54 Å². The van der Waals surface area contributed by atoms with E-state index in [0.29, 0.717) is 12.5 Å². The van der Waals surface area contributed by atoms with E-state index in [1.807, 2.05) is 24.4 Å². The Kier molecular flexibility index (Phi) is 5.52. The van der Waals surface area contributed by atoms with Gasteiger partial charge in [0, 0.05) is 18.8 Å². The number of rotatable bonds is 6. The molecule has 1 aromatic heterocycles. The number of nitrogens with zero attached hydrogens (tertiary/aromatic N) is 3. The summed E-state index contributed by atoms with van der Waals surface area (Å²) in [4.78, 5) is 6.63.